The van der Waals surface area contributed by atoms with Crippen molar-refractivity contribution in [3.63, 3.8) is 0 Å². The fourth-order valence-corrected chi connectivity index (χ4v) is 2.34. The van der Waals surface area contributed by atoms with E-state index in [4.69, 9.17) is 9.84 Å². The lowest BCUT2D eigenvalue weighted by molar-refractivity contribution is 0.0574. The zero-order valence-electron chi connectivity index (χ0n) is 11.0. The van der Waals surface area contributed by atoms with Crippen LogP contribution >= 0.6 is 0 Å². The van der Waals surface area contributed by atoms with E-state index in [9.17, 15) is 9.59 Å². The number of hydrogen-bond acceptors (Lipinski definition) is 3. The van der Waals surface area contributed by atoms with Gasteiger partial charge in [-0.3, -0.25) is 4.79 Å². The van der Waals surface area contributed by atoms with E-state index in [2.05, 4.69) is 0 Å². The summed E-state index contributed by atoms with van der Waals surface area (Å²) in [5, 5.41) is 8.82. The van der Waals surface area contributed by atoms with Gasteiger partial charge < -0.3 is 14.7 Å². The summed E-state index contributed by atoms with van der Waals surface area (Å²) in [6.45, 7) is 2.62. The van der Waals surface area contributed by atoms with Crippen molar-refractivity contribution >= 4 is 11.9 Å². The number of aromatic carboxylic acids is 1. The van der Waals surface area contributed by atoms with Crippen molar-refractivity contribution < 1.29 is 19.4 Å². The van der Waals surface area contributed by atoms with E-state index in [1.807, 2.05) is 6.92 Å². The number of ether oxygens (including phenoxy) is 1. The standard InChI is InChI=1S/C14H17NO4/c1-9-12(7-8-19-9)15(2)13(16)10-3-5-11(6-4-10)14(17)18/h3-6,9,12H,7-8H2,1-2H3,(H,17,18). The summed E-state index contributed by atoms with van der Waals surface area (Å²) in [6.07, 6.45) is 0.864. The molecule has 2 rings (SSSR count). The topological polar surface area (TPSA) is 66.8 Å². The Bertz CT molecular complexity index is 483. The van der Waals surface area contributed by atoms with Crippen LogP contribution in [0.15, 0.2) is 24.3 Å². The van der Waals surface area contributed by atoms with E-state index in [1.54, 1.807) is 24.1 Å². The molecular formula is C14H17NO4. The van der Waals surface area contributed by atoms with Gasteiger partial charge in [-0.2, -0.15) is 0 Å². The lowest BCUT2D eigenvalue weighted by Crippen LogP contribution is -2.41. The molecule has 0 aromatic heterocycles. The number of carbonyl (C=O) groups excluding carboxylic acids is 1. The fraction of sp³-hybridized carbons (Fsp3) is 0.429. The van der Waals surface area contributed by atoms with Gasteiger partial charge in [-0.1, -0.05) is 0 Å². The van der Waals surface area contributed by atoms with Gasteiger partial charge in [0.1, 0.15) is 0 Å². The first-order valence-corrected chi connectivity index (χ1v) is 6.23. The number of rotatable bonds is 3. The maximum absolute atomic E-state index is 12.3. The van der Waals surface area contributed by atoms with Gasteiger partial charge in [0.15, 0.2) is 0 Å². The highest BCUT2D eigenvalue weighted by molar-refractivity contribution is 5.96. The number of carboxylic acids is 1. The quantitative estimate of drug-likeness (QED) is 0.900. The lowest BCUT2D eigenvalue weighted by Gasteiger charge is -2.26. The zero-order valence-corrected chi connectivity index (χ0v) is 11.0. The normalized spacial score (nSPS) is 22.2. The molecule has 1 aliphatic heterocycles. The molecule has 0 aliphatic carbocycles. The average Bonchev–Trinajstić information content (AvgIpc) is 2.83. The van der Waals surface area contributed by atoms with Crippen LogP contribution in [0, 0.1) is 0 Å². The van der Waals surface area contributed by atoms with Crippen molar-refractivity contribution in [1.29, 1.82) is 0 Å². The molecule has 0 saturated carbocycles. The minimum absolute atomic E-state index is 0.0345. The second-order valence-corrected chi connectivity index (χ2v) is 4.73. The Kier molecular flexibility index (Phi) is 3.85. The Morgan fingerprint density at radius 2 is 1.84 bits per heavy atom. The third-order valence-corrected chi connectivity index (χ3v) is 3.53. The highest BCUT2D eigenvalue weighted by Crippen LogP contribution is 2.20. The number of nitrogens with zero attached hydrogens (tertiary/aromatic N) is 1. The third-order valence-electron chi connectivity index (χ3n) is 3.53. The van der Waals surface area contributed by atoms with E-state index in [0.29, 0.717) is 12.2 Å². The van der Waals surface area contributed by atoms with Gasteiger partial charge in [0.25, 0.3) is 5.91 Å². The molecule has 0 bridgehead atoms. The largest absolute Gasteiger partial charge is 0.478 e. The fourth-order valence-electron chi connectivity index (χ4n) is 2.34. The minimum Gasteiger partial charge on any atom is -0.478 e. The van der Waals surface area contributed by atoms with Gasteiger partial charge >= 0.3 is 5.97 Å². The second-order valence-electron chi connectivity index (χ2n) is 4.73. The first-order chi connectivity index (χ1) is 9.00. The predicted octanol–water partition coefficient (Wildman–Crippen LogP) is 1.63. The van der Waals surface area contributed by atoms with Crippen LogP contribution in [0.3, 0.4) is 0 Å². The lowest BCUT2D eigenvalue weighted by atomic mass is 10.1. The number of carbonyl (C=O) groups is 2. The van der Waals surface area contributed by atoms with Crippen molar-refractivity contribution in [2.24, 2.45) is 0 Å². The SMILES string of the molecule is CC1OCCC1N(C)C(=O)c1ccc(C(=O)O)cc1. The molecule has 1 heterocycles. The molecule has 5 nitrogen and oxygen atoms in total. The van der Waals surface area contributed by atoms with Crippen LogP contribution in [0.25, 0.3) is 0 Å². The van der Waals surface area contributed by atoms with E-state index >= 15 is 0 Å². The highest BCUT2D eigenvalue weighted by atomic mass is 16.5. The summed E-state index contributed by atoms with van der Waals surface area (Å²) < 4.78 is 5.45. The summed E-state index contributed by atoms with van der Waals surface area (Å²) >= 11 is 0. The number of carboxylic acid groups (broad SMARTS) is 1. The van der Waals surface area contributed by atoms with Gasteiger partial charge in [-0.25, -0.2) is 4.79 Å². The van der Waals surface area contributed by atoms with E-state index < -0.39 is 5.97 Å². The molecule has 1 aromatic carbocycles. The Morgan fingerprint density at radius 3 is 2.32 bits per heavy atom. The van der Waals surface area contributed by atoms with Crippen molar-refractivity contribution in [3.8, 4) is 0 Å². The van der Waals surface area contributed by atoms with Crippen molar-refractivity contribution in [2.75, 3.05) is 13.7 Å². The van der Waals surface area contributed by atoms with Crippen LogP contribution in [-0.4, -0.2) is 47.7 Å². The summed E-state index contributed by atoms with van der Waals surface area (Å²) in [6, 6.07) is 6.05. The predicted molar refractivity (Wildman–Crippen MR) is 69.3 cm³/mol. The van der Waals surface area contributed by atoms with Gasteiger partial charge in [0.2, 0.25) is 0 Å². The van der Waals surface area contributed by atoms with Crippen LogP contribution in [0.2, 0.25) is 0 Å². The van der Waals surface area contributed by atoms with Crippen molar-refractivity contribution in [2.45, 2.75) is 25.5 Å². The molecule has 0 radical (unpaired) electrons. The molecule has 1 aliphatic rings. The molecule has 1 aromatic rings. The molecule has 1 N–H and O–H groups in total. The maximum atomic E-state index is 12.3. The molecule has 19 heavy (non-hydrogen) atoms. The molecule has 5 heteroatoms. The number of benzene rings is 1. The monoisotopic (exact) mass is 263 g/mol. The van der Waals surface area contributed by atoms with Gasteiger partial charge in [0.05, 0.1) is 17.7 Å². The first-order valence-electron chi connectivity index (χ1n) is 6.23. The average molecular weight is 263 g/mol. The first kappa shape index (κ1) is 13.5. The molecule has 2 unspecified atom stereocenters. The molecule has 0 spiro atoms. The number of amides is 1. The molecule has 1 saturated heterocycles. The van der Waals surface area contributed by atoms with Crippen LogP contribution in [0.5, 0.6) is 0 Å². The van der Waals surface area contributed by atoms with Crippen LogP contribution in [0.1, 0.15) is 34.1 Å². The summed E-state index contributed by atoms with van der Waals surface area (Å²) in [5.74, 6) is -1.11. The van der Waals surface area contributed by atoms with E-state index in [0.717, 1.165) is 6.42 Å². The Hall–Kier alpha value is -1.88. The summed E-state index contributed by atoms with van der Waals surface area (Å²) in [4.78, 5) is 24.7. The van der Waals surface area contributed by atoms with Crippen LogP contribution in [-0.2, 0) is 4.74 Å². The molecule has 102 valence electrons. The van der Waals surface area contributed by atoms with Crippen molar-refractivity contribution in [1.82, 2.24) is 4.90 Å². The van der Waals surface area contributed by atoms with Crippen LogP contribution in [0.4, 0.5) is 0 Å². The van der Waals surface area contributed by atoms with Gasteiger partial charge in [-0.05, 0) is 37.6 Å². The van der Waals surface area contributed by atoms with Gasteiger partial charge in [0, 0.05) is 19.2 Å². The number of hydrogen-bond donors (Lipinski definition) is 1. The van der Waals surface area contributed by atoms with E-state index in [-0.39, 0.29) is 23.6 Å². The summed E-state index contributed by atoms with van der Waals surface area (Å²) in [7, 11) is 1.75. The maximum Gasteiger partial charge on any atom is 0.335 e. The van der Waals surface area contributed by atoms with E-state index in [1.165, 1.54) is 12.1 Å². The number of likely N-dealkylation sites (N-methyl/N-ethyl adjacent to an activating group) is 1. The molecular weight excluding hydrogens is 246 g/mol. The summed E-state index contributed by atoms with van der Waals surface area (Å²) in [5.41, 5.74) is 0.670. The van der Waals surface area contributed by atoms with Gasteiger partial charge in [-0.15, -0.1) is 0 Å². The van der Waals surface area contributed by atoms with Crippen LogP contribution < -0.4 is 0 Å². The Morgan fingerprint density at radius 1 is 1.26 bits per heavy atom. The highest BCUT2D eigenvalue weighted by Gasteiger charge is 2.30. The molecule has 1 fully saturated rings. The molecule has 2 atom stereocenters. The Labute approximate surface area is 111 Å². The minimum atomic E-state index is -0.995. The zero-order chi connectivity index (χ0) is 14.0. The Balaban J connectivity index is 2.12. The van der Waals surface area contributed by atoms with Crippen molar-refractivity contribution in [3.05, 3.63) is 35.4 Å². The third kappa shape index (κ3) is 2.76. The second kappa shape index (κ2) is 5.40. The smallest absolute Gasteiger partial charge is 0.335 e. The molecule has 1 amide bonds.